The van der Waals surface area contributed by atoms with E-state index in [2.05, 4.69) is 254 Å². The molecule has 0 aliphatic carbocycles. The van der Waals surface area contributed by atoms with Gasteiger partial charge in [0.05, 0.1) is 5.69 Å². The van der Waals surface area contributed by atoms with Gasteiger partial charge in [0.25, 0.3) is 0 Å². The number of rotatable bonds is 8. The van der Waals surface area contributed by atoms with Gasteiger partial charge < -0.3 is 4.90 Å². The maximum atomic E-state index is 2.50. The van der Waals surface area contributed by atoms with Crippen molar-refractivity contribution in [2.45, 2.75) is 0 Å². The third-order valence-corrected chi connectivity index (χ3v) is 15.5. The first-order valence-electron chi connectivity index (χ1n) is 22.8. The predicted octanol–water partition coefficient (Wildman–Crippen LogP) is 19.4. The van der Waals surface area contributed by atoms with Crippen LogP contribution >= 0.6 is 22.7 Å². The lowest BCUT2D eigenvalue weighted by molar-refractivity contribution is 1.28. The van der Waals surface area contributed by atoms with E-state index in [9.17, 15) is 0 Å². The molecule has 0 atom stereocenters. The first kappa shape index (κ1) is 39.3. The average molecular weight is 888 g/mol. The highest BCUT2D eigenvalue weighted by molar-refractivity contribution is 7.26. The highest BCUT2D eigenvalue weighted by Gasteiger charge is 2.23. The Balaban J connectivity index is 1.08. The molecule has 2 aromatic heterocycles. The number of hydrogen-bond acceptors (Lipinski definition) is 3. The molecular weight excluding hydrogens is 847 g/mol. The molecule has 0 saturated carbocycles. The van der Waals surface area contributed by atoms with Crippen LogP contribution in [0.15, 0.2) is 249 Å². The maximum absolute atomic E-state index is 2.50. The molecule has 0 aliphatic heterocycles. The molecule has 0 N–H and O–H groups in total. The molecule has 1 nitrogen and oxygen atoms in total. The second-order valence-corrected chi connectivity index (χ2v) is 19.4. The molecule has 0 aliphatic rings. The van der Waals surface area contributed by atoms with E-state index in [1.807, 2.05) is 22.7 Å². The van der Waals surface area contributed by atoms with Crippen LogP contribution in [0, 0.1) is 0 Å². The standard InChI is InChI=1S/C64H41NS2/c1-2-17-43(18-3-1)51-24-6-7-25-52(51)45-20-12-22-49(39-45)65(50-23-13-21-46(40-50)54-29-15-33-62-64(54)56-27-9-11-32-60(56)67-62)58-30-14-28-53(63(58)48-35-34-42-16-4-5-19-44(42)38-48)47-36-37-61-57(41-47)55-26-8-10-31-59(55)66-61/h1-41H. The summed E-state index contributed by atoms with van der Waals surface area (Å²) in [5.74, 6) is 0. The summed E-state index contributed by atoms with van der Waals surface area (Å²) < 4.78 is 5.21. The Bertz CT molecular complexity index is 4010. The minimum atomic E-state index is 1.08. The van der Waals surface area contributed by atoms with E-state index < -0.39 is 0 Å². The van der Waals surface area contributed by atoms with Crippen LogP contribution < -0.4 is 4.90 Å². The van der Waals surface area contributed by atoms with Crippen molar-refractivity contribution in [2.75, 3.05) is 4.90 Å². The normalized spacial score (nSPS) is 11.6. The monoisotopic (exact) mass is 887 g/mol. The van der Waals surface area contributed by atoms with Gasteiger partial charge in [-0.2, -0.15) is 0 Å². The number of nitrogens with zero attached hydrogens (tertiary/aromatic N) is 1. The number of benzene rings is 11. The molecule has 3 heteroatoms. The van der Waals surface area contributed by atoms with E-state index in [1.165, 1.54) is 101 Å². The predicted molar refractivity (Wildman–Crippen MR) is 292 cm³/mol. The largest absolute Gasteiger partial charge is 0.310 e. The topological polar surface area (TPSA) is 3.24 Å². The zero-order valence-corrected chi connectivity index (χ0v) is 38.1. The van der Waals surface area contributed by atoms with Crippen molar-refractivity contribution >= 4 is 90.9 Å². The van der Waals surface area contributed by atoms with Crippen molar-refractivity contribution in [3.05, 3.63) is 249 Å². The Labute approximate surface area is 397 Å². The highest BCUT2D eigenvalue weighted by Crippen LogP contribution is 2.49. The first-order valence-corrected chi connectivity index (χ1v) is 24.4. The van der Waals surface area contributed by atoms with Gasteiger partial charge in [-0.1, -0.05) is 182 Å². The molecule has 67 heavy (non-hydrogen) atoms. The minimum absolute atomic E-state index is 1.08. The molecule has 13 aromatic rings. The molecule has 11 aromatic carbocycles. The lowest BCUT2D eigenvalue weighted by Crippen LogP contribution is -2.12. The zero-order chi connectivity index (χ0) is 44.3. The summed E-state index contributed by atoms with van der Waals surface area (Å²) >= 11 is 3.73. The molecular formula is C64H41NS2. The lowest BCUT2D eigenvalue weighted by Gasteiger charge is -2.30. The lowest BCUT2D eigenvalue weighted by atomic mass is 9.90. The van der Waals surface area contributed by atoms with Crippen molar-refractivity contribution in [1.29, 1.82) is 0 Å². The van der Waals surface area contributed by atoms with E-state index in [4.69, 9.17) is 0 Å². The van der Waals surface area contributed by atoms with Gasteiger partial charge in [-0.25, -0.2) is 0 Å². The second kappa shape index (κ2) is 16.4. The molecule has 0 amide bonds. The van der Waals surface area contributed by atoms with Crippen LogP contribution in [0.25, 0.3) is 107 Å². The van der Waals surface area contributed by atoms with Crippen LogP contribution in [0.5, 0.6) is 0 Å². The summed E-state index contributed by atoms with van der Waals surface area (Å²) in [6.45, 7) is 0. The van der Waals surface area contributed by atoms with Gasteiger partial charge in [-0.3, -0.25) is 0 Å². The van der Waals surface area contributed by atoms with Gasteiger partial charge in [0.1, 0.15) is 0 Å². The smallest absolute Gasteiger partial charge is 0.0546 e. The number of fused-ring (bicyclic) bond motifs is 7. The summed E-state index contributed by atoms with van der Waals surface area (Å²) in [6.07, 6.45) is 0. The highest BCUT2D eigenvalue weighted by atomic mass is 32.1. The Morgan fingerprint density at radius 1 is 0.269 bits per heavy atom. The number of hydrogen-bond donors (Lipinski definition) is 0. The zero-order valence-electron chi connectivity index (χ0n) is 36.4. The fourth-order valence-corrected chi connectivity index (χ4v) is 12.4. The third kappa shape index (κ3) is 6.91. The van der Waals surface area contributed by atoms with Gasteiger partial charge in [0, 0.05) is 57.3 Å². The van der Waals surface area contributed by atoms with Crippen molar-refractivity contribution in [3.8, 4) is 55.6 Å². The van der Waals surface area contributed by atoms with Crippen LogP contribution in [-0.4, -0.2) is 0 Å². The average Bonchev–Trinajstić information content (AvgIpc) is 3.97. The number of thiophene rings is 2. The summed E-state index contributed by atoms with van der Waals surface area (Å²) in [7, 11) is 0. The molecule has 314 valence electrons. The van der Waals surface area contributed by atoms with E-state index in [1.54, 1.807) is 0 Å². The summed E-state index contributed by atoms with van der Waals surface area (Å²) in [4.78, 5) is 2.50. The summed E-state index contributed by atoms with van der Waals surface area (Å²) in [5.41, 5.74) is 15.2. The molecule has 0 radical (unpaired) electrons. The van der Waals surface area contributed by atoms with Crippen LogP contribution in [0.1, 0.15) is 0 Å². The number of anilines is 3. The van der Waals surface area contributed by atoms with E-state index in [0.29, 0.717) is 0 Å². The second-order valence-electron chi connectivity index (χ2n) is 17.2. The fourth-order valence-electron chi connectivity index (χ4n) is 10.2. The SMILES string of the molecule is c1ccc(-c2ccccc2-c2cccc(N(c3cccc(-c4cccc5sc6ccccc6c45)c3)c3cccc(-c4ccc5sc6ccccc6c5c4)c3-c3ccc4ccccc4c3)c2)cc1. The van der Waals surface area contributed by atoms with Crippen molar-refractivity contribution < 1.29 is 0 Å². The van der Waals surface area contributed by atoms with Gasteiger partial charge in [-0.15, -0.1) is 22.7 Å². The quantitative estimate of drug-likeness (QED) is 0.147. The van der Waals surface area contributed by atoms with Crippen molar-refractivity contribution in [2.24, 2.45) is 0 Å². The van der Waals surface area contributed by atoms with Crippen molar-refractivity contribution in [3.63, 3.8) is 0 Å². The van der Waals surface area contributed by atoms with E-state index >= 15 is 0 Å². The Kier molecular flexibility index (Phi) is 9.63. The molecule has 13 rings (SSSR count). The van der Waals surface area contributed by atoms with E-state index in [0.717, 1.165) is 22.6 Å². The Morgan fingerprint density at radius 3 is 1.60 bits per heavy atom. The van der Waals surface area contributed by atoms with Crippen LogP contribution in [-0.2, 0) is 0 Å². The molecule has 0 bridgehead atoms. The molecule has 0 fully saturated rings. The minimum Gasteiger partial charge on any atom is -0.310 e. The molecule has 0 spiro atoms. The molecule has 0 saturated heterocycles. The first-order chi connectivity index (χ1) is 33.2. The van der Waals surface area contributed by atoms with Crippen LogP contribution in [0.2, 0.25) is 0 Å². The summed E-state index contributed by atoms with van der Waals surface area (Å²) in [6, 6.07) is 91.8. The van der Waals surface area contributed by atoms with Gasteiger partial charge in [0.15, 0.2) is 0 Å². The fraction of sp³-hybridized carbons (Fsp3) is 0. The maximum Gasteiger partial charge on any atom is 0.0546 e. The van der Waals surface area contributed by atoms with Gasteiger partial charge in [-0.05, 0) is 128 Å². The van der Waals surface area contributed by atoms with Gasteiger partial charge in [0.2, 0.25) is 0 Å². The Morgan fingerprint density at radius 2 is 0.791 bits per heavy atom. The van der Waals surface area contributed by atoms with Gasteiger partial charge >= 0.3 is 0 Å². The van der Waals surface area contributed by atoms with E-state index in [-0.39, 0.29) is 0 Å². The third-order valence-electron chi connectivity index (χ3n) is 13.3. The summed E-state index contributed by atoms with van der Waals surface area (Å²) in [5, 5.41) is 7.63. The molecule has 2 heterocycles. The van der Waals surface area contributed by atoms with Crippen molar-refractivity contribution in [1.82, 2.24) is 0 Å². The van der Waals surface area contributed by atoms with Crippen LogP contribution in [0.3, 0.4) is 0 Å². The Hall–Kier alpha value is -8.08. The molecule has 0 unspecified atom stereocenters. The van der Waals surface area contributed by atoms with Crippen LogP contribution in [0.4, 0.5) is 17.1 Å².